The molecule has 0 bridgehead atoms. The Balaban J connectivity index is 1.39. The van der Waals surface area contributed by atoms with E-state index in [4.69, 9.17) is 9.52 Å². The summed E-state index contributed by atoms with van der Waals surface area (Å²) in [5.74, 6) is -1.09. The zero-order chi connectivity index (χ0) is 23.7. The molecule has 0 saturated carbocycles. The van der Waals surface area contributed by atoms with E-state index in [0.29, 0.717) is 42.3 Å². The number of furan rings is 1. The fourth-order valence-corrected chi connectivity index (χ4v) is 4.31. The number of likely N-dealkylation sites (tertiary alicyclic amines) is 1. The molecule has 2 heterocycles. The molecule has 5 rings (SSSR count). The van der Waals surface area contributed by atoms with E-state index in [0.717, 1.165) is 22.1 Å². The van der Waals surface area contributed by atoms with E-state index in [1.54, 1.807) is 12.1 Å². The number of carboxylic acid groups (broad SMARTS) is 1. The number of hydrogen-bond donors (Lipinski definition) is 2. The van der Waals surface area contributed by atoms with Crippen molar-refractivity contribution in [2.24, 2.45) is 10.9 Å². The van der Waals surface area contributed by atoms with Crippen molar-refractivity contribution in [2.75, 3.05) is 19.8 Å². The Bertz CT molecular complexity index is 1370. The minimum Gasteiger partial charge on any atom is -0.481 e. The first kappa shape index (κ1) is 22.0. The van der Waals surface area contributed by atoms with Crippen molar-refractivity contribution in [3.63, 3.8) is 0 Å². The molecular formula is C27H23FN2O4. The lowest BCUT2D eigenvalue weighted by Crippen LogP contribution is -2.49. The van der Waals surface area contributed by atoms with Gasteiger partial charge in [-0.2, -0.15) is 0 Å². The number of aliphatic carboxylic acids is 1. The molecule has 1 aromatic heterocycles. The van der Waals surface area contributed by atoms with Gasteiger partial charge in [0.05, 0.1) is 17.2 Å². The Morgan fingerprint density at radius 1 is 1.03 bits per heavy atom. The van der Waals surface area contributed by atoms with Crippen molar-refractivity contribution in [3.05, 3.63) is 95.3 Å². The van der Waals surface area contributed by atoms with E-state index in [1.165, 1.54) is 6.07 Å². The zero-order valence-corrected chi connectivity index (χ0v) is 18.3. The Morgan fingerprint density at radius 3 is 2.53 bits per heavy atom. The summed E-state index contributed by atoms with van der Waals surface area (Å²) in [6.07, 6.45) is 0. The molecule has 172 valence electrons. The number of halogens is 1. The monoisotopic (exact) mass is 458 g/mol. The third kappa shape index (κ3) is 4.35. The van der Waals surface area contributed by atoms with Crippen molar-refractivity contribution >= 4 is 22.7 Å². The molecule has 1 aliphatic heterocycles. The third-order valence-corrected chi connectivity index (χ3v) is 6.08. The lowest BCUT2D eigenvalue weighted by atomic mass is 9.99. The van der Waals surface area contributed by atoms with Crippen LogP contribution < -0.4 is 0 Å². The molecule has 2 N–H and O–H groups in total. The maximum atomic E-state index is 15.0. The lowest BCUT2D eigenvalue weighted by molar-refractivity contribution is -0.147. The summed E-state index contributed by atoms with van der Waals surface area (Å²) in [5.41, 5.74) is 4.15. The molecule has 34 heavy (non-hydrogen) atoms. The predicted octanol–water partition coefficient (Wildman–Crippen LogP) is 4.54. The molecule has 0 atom stereocenters. The van der Waals surface area contributed by atoms with Gasteiger partial charge < -0.3 is 14.6 Å². The highest BCUT2D eigenvalue weighted by atomic mass is 19.1. The van der Waals surface area contributed by atoms with E-state index in [-0.39, 0.29) is 18.5 Å². The number of fused-ring (bicyclic) bond motifs is 1. The molecule has 0 aliphatic carbocycles. The van der Waals surface area contributed by atoms with E-state index in [1.807, 2.05) is 59.5 Å². The van der Waals surface area contributed by atoms with E-state index < -0.39 is 5.97 Å². The Labute approximate surface area is 195 Å². The van der Waals surface area contributed by atoms with Crippen LogP contribution in [0.5, 0.6) is 0 Å². The summed E-state index contributed by atoms with van der Waals surface area (Å²) in [7, 11) is 0. The third-order valence-electron chi connectivity index (χ3n) is 6.08. The molecule has 0 amide bonds. The van der Waals surface area contributed by atoms with Gasteiger partial charge in [0.1, 0.15) is 23.9 Å². The summed E-state index contributed by atoms with van der Waals surface area (Å²) < 4.78 is 20.9. The van der Waals surface area contributed by atoms with Crippen LogP contribution in [0, 0.1) is 11.7 Å². The van der Waals surface area contributed by atoms with Gasteiger partial charge in [-0.05, 0) is 42.0 Å². The average molecular weight is 458 g/mol. The normalized spacial score (nSPS) is 14.9. The second kappa shape index (κ2) is 9.21. The van der Waals surface area contributed by atoms with E-state index >= 15 is 0 Å². The molecule has 0 spiro atoms. The van der Waals surface area contributed by atoms with Gasteiger partial charge in [0.15, 0.2) is 0 Å². The molecule has 0 radical (unpaired) electrons. The highest BCUT2D eigenvalue weighted by Gasteiger charge is 2.32. The fourth-order valence-electron chi connectivity index (χ4n) is 4.31. The molecule has 7 heteroatoms. The highest BCUT2D eigenvalue weighted by Crippen LogP contribution is 2.31. The molecule has 3 aromatic carbocycles. The molecule has 1 aliphatic rings. The van der Waals surface area contributed by atoms with Crippen LogP contribution in [0.2, 0.25) is 0 Å². The Kier molecular flexibility index (Phi) is 5.96. The van der Waals surface area contributed by atoms with Crippen LogP contribution in [0.3, 0.4) is 0 Å². The smallest absolute Gasteiger partial charge is 0.309 e. The number of rotatable bonds is 7. The van der Waals surface area contributed by atoms with Gasteiger partial charge in [-0.15, -0.1) is 0 Å². The van der Waals surface area contributed by atoms with Crippen molar-refractivity contribution in [1.29, 1.82) is 0 Å². The second-order valence-electron chi connectivity index (χ2n) is 8.42. The van der Waals surface area contributed by atoms with Gasteiger partial charge in [0.25, 0.3) is 0 Å². The number of carboxylic acids is 1. The molecule has 6 nitrogen and oxygen atoms in total. The number of carbonyl (C=O) groups is 1. The molecule has 1 fully saturated rings. The topological polar surface area (TPSA) is 86.3 Å². The summed E-state index contributed by atoms with van der Waals surface area (Å²) in [6.45, 7) is 1.14. The zero-order valence-electron chi connectivity index (χ0n) is 18.3. The maximum absolute atomic E-state index is 15.0. The van der Waals surface area contributed by atoms with Crippen LogP contribution >= 0.6 is 0 Å². The fraction of sp³-hybridized carbons (Fsp3) is 0.185. The Hall–Kier alpha value is -3.81. The molecule has 0 unspecified atom stereocenters. The largest absolute Gasteiger partial charge is 0.481 e. The van der Waals surface area contributed by atoms with E-state index in [9.17, 15) is 14.3 Å². The molecular weight excluding hydrogens is 435 g/mol. The van der Waals surface area contributed by atoms with Crippen LogP contribution in [0.15, 0.2) is 82.2 Å². The minimum absolute atomic E-state index is 0.329. The number of aliphatic hydroxyl groups is 1. The van der Waals surface area contributed by atoms with Crippen molar-refractivity contribution < 1.29 is 23.8 Å². The quantitative estimate of drug-likeness (QED) is 0.397. The van der Waals surface area contributed by atoms with Gasteiger partial charge in [0.2, 0.25) is 0 Å². The van der Waals surface area contributed by atoms with Crippen LogP contribution in [0.25, 0.3) is 22.3 Å². The SMILES string of the molecule is O=C(O)C1CN(Cc2ccc(-c3cc4cc(/C(=N/CO)c5ccccc5)ccc4o3)c(F)c2)C1. The Morgan fingerprint density at radius 2 is 1.82 bits per heavy atom. The molecule has 4 aromatic rings. The number of nitrogens with zero attached hydrogens (tertiary/aromatic N) is 2. The van der Waals surface area contributed by atoms with Gasteiger partial charge in [-0.1, -0.05) is 36.4 Å². The summed E-state index contributed by atoms with van der Waals surface area (Å²) in [6, 6.07) is 22.0. The van der Waals surface area contributed by atoms with E-state index in [2.05, 4.69) is 4.99 Å². The second-order valence-corrected chi connectivity index (χ2v) is 8.42. The highest BCUT2D eigenvalue weighted by molar-refractivity contribution is 6.14. The van der Waals surface area contributed by atoms with Gasteiger partial charge in [-0.3, -0.25) is 14.7 Å². The maximum Gasteiger partial charge on any atom is 0.309 e. The average Bonchev–Trinajstić information content (AvgIpc) is 3.23. The summed E-state index contributed by atoms with van der Waals surface area (Å²) in [4.78, 5) is 17.2. The molecule has 1 saturated heterocycles. The number of aliphatic imine (C=N–C) groups is 1. The van der Waals surface area contributed by atoms with Crippen molar-refractivity contribution in [2.45, 2.75) is 6.54 Å². The van der Waals surface area contributed by atoms with Crippen molar-refractivity contribution in [3.8, 4) is 11.3 Å². The number of benzene rings is 3. The number of hydrogen-bond acceptors (Lipinski definition) is 5. The number of aliphatic hydroxyl groups excluding tert-OH is 1. The summed E-state index contributed by atoms with van der Waals surface area (Å²) >= 11 is 0. The first-order valence-corrected chi connectivity index (χ1v) is 11.0. The standard InChI is InChI=1S/C27H23FN2O4/c28-23-10-17(13-30-14-21(15-30)27(32)33)6-8-22(23)25-12-20-11-19(7-9-24(20)34-25)26(29-16-31)18-4-2-1-3-5-18/h1-12,21,31H,13-16H2,(H,32,33)/b29-26+. The van der Waals surface area contributed by atoms with Gasteiger partial charge in [0, 0.05) is 36.1 Å². The minimum atomic E-state index is -0.788. The van der Waals surface area contributed by atoms with Crippen LogP contribution in [0.4, 0.5) is 4.39 Å². The lowest BCUT2D eigenvalue weighted by Gasteiger charge is -2.36. The van der Waals surface area contributed by atoms with Gasteiger partial charge >= 0.3 is 5.97 Å². The first-order valence-electron chi connectivity index (χ1n) is 11.0. The van der Waals surface area contributed by atoms with Crippen molar-refractivity contribution in [1.82, 2.24) is 4.90 Å². The predicted molar refractivity (Wildman–Crippen MR) is 127 cm³/mol. The summed E-state index contributed by atoms with van der Waals surface area (Å²) in [5, 5.41) is 19.2. The van der Waals surface area contributed by atoms with Crippen LogP contribution in [-0.2, 0) is 11.3 Å². The van der Waals surface area contributed by atoms with Crippen LogP contribution in [-0.4, -0.2) is 46.6 Å². The van der Waals surface area contributed by atoms with Gasteiger partial charge in [-0.25, -0.2) is 4.39 Å². The van der Waals surface area contributed by atoms with Crippen LogP contribution in [0.1, 0.15) is 16.7 Å². The first-order chi connectivity index (χ1) is 16.5.